The Labute approximate surface area is 154 Å². The second-order valence-corrected chi connectivity index (χ2v) is 5.70. The monoisotopic (exact) mass is 381 g/mol. The van der Waals surface area contributed by atoms with Crippen molar-refractivity contribution in [1.82, 2.24) is 10.2 Å². The molecule has 5 nitrogen and oxygen atoms in total. The zero-order valence-corrected chi connectivity index (χ0v) is 15.4. The number of hydrogen-bond donors (Lipinski definition) is 2. The molecule has 0 saturated carbocycles. The first-order chi connectivity index (χ1) is 10.6. The van der Waals surface area contributed by atoms with Crippen molar-refractivity contribution in [3.8, 4) is 0 Å². The number of morpholine rings is 1. The predicted molar refractivity (Wildman–Crippen MR) is 97.3 cm³/mol. The summed E-state index contributed by atoms with van der Waals surface area (Å²) in [5.41, 5.74) is 6.63. The molecule has 138 valence electrons. The minimum absolute atomic E-state index is 0. The van der Waals surface area contributed by atoms with Crippen LogP contribution >= 0.6 is 24.8 Å². The van der Waals surface area contributed by atoms with Gasteiger partial charge >= 0.3 is 0 Å². The SMILES string of the molecule is CC(N)CC(=O)NCC(c1ccc(F)cc1)N1CCOCC1.Cl.Cl. The topological polar surface area (TPSA) is 67.6 Å². The highest BCUT2D eigenvalue weighted by Gasteiger charge is 2.23. The smallest absolute Gasteiger partial charge is 0.221 e. The van der Waals surface area contributed by atoms with Crippen LogP contribution in [0.4, 0.5) is 4.39 Å². The van der Waals surface area contributed by atoms with E-state index in [2.05, 4.69) is 10.2 Å². The molecule has 1 amide bonds. The number of nitrogens with two attached hydrogens (primary N) is 1. The van der Waals surface area contributed by atoms with Crippen molar-refractivity contribution in [2.45, 2.75) is 25.4 Å². The van der Waals surface area contributed by atoms with Gasteiger partial charge in [-0.3, -0.25) is 9.69 Å². The quantitative estimate of drug-likeness (QED) is 0.789. The number of nitrogens with one attached hydrogen (secondary N) is 1. The number of halogens is 3. The third kappa shape index (κ3) is 7.32. The Morgan fingerprint density at radius 3 is 2.42 bits per heavy atom. The Bertz CT molecular complexity index is 483. The molecule has 0 aromatic heterocycles. The minimum Gasteiger partial charge on any atom is -0.379 e. The maximum absolute atomic E-state index is 13.1. The van der Waals surface area contributed by atoms with Crippen molar-refractivity contribution in [3.63, 3.8) is 0 Å². The molecule has 1 aromatic rings. The molecule has 3 N–H and O–H groups in total. The fourth-order valence-corrected chi connectivity index (χ4v) is 2.61. The Morgan fingerprint density at radius 2 is 1.88 bits per heavy atom. The number of carbonyl (C=O) groups is 1. The van der Waals surface area contributed by atoms with Gasteiger partial charge in [0.05, 0.1) is 19.3 Å². The number of nitrogens with zero attached hydrogens (tertiary/aromatic N) is 1. The number of hydrogen-bond acceptors (Lipinski definition) is 4. The Hall–Kier alpha value is -0.920. The molecule has 8 heteroatoms. The lowest BCUT2D eigenvalue weighted by molar-refractivity contribution is -0.121. The summed E-state index contributed by atoms with van der Waals surface area (Å²) in [6.45, 7) is 5.23. The van der Waals surface area contributed by atoms with Gasteiger partial charge in [-0.25, -0.2) is 4.39 Å². The first-order valence-electron chi connectivity index (χ1n) is 7.66. The summed E-state index contributed by atoms with van der Waals surface area (Å²) in [6.07, 6.45) is 0.305. The van der Waals surface area contributed by atoms with Gasteiger partial charge in [0, 0.05) is 32.1 Å². The second-order valence-electron chi connectivity index (χ2n) is 5.70. The van der Waals surface area contributed by atoms with Crippen LogP contribution in [0.1, 0.15) is 24.9 Å². The maximum Gasteiger partial charge on any atom is 0.221 e. The van der Waals surface area contributed by atoms with Crippen molar-refractivity contribution < 1.29 is 13.9 Å². The molecular weight excluding hydrogens is 356 g/mol. The molecule has 2 atom stereocenters. The summed E-state index contributed by atoms with van der Waals surface area (Å²) in [6, 6.07) is 6.30. The van der Waals surface area contributed by atoms with E-state index in [1.54, 1.807) is 19.1 Å². The van der Waals surface area contributed by atoms with Crippen molar-refractivity contribution >= 4 is 30.7 Å². The molecule has 1 aromatic carbocycles. The zero-order valence-electron chi connectivity index (χ0n) is 13.7. The number of rotatable bonds is 6. The van der Waals surface area contributed by atoms with E-state index in [-0.39, 0.29) is 48.6 Å². The summed E-state index contributed by atoms with van der Waals surface area (Å²) in [5.74, 6) is -0.319. The number of amides is 1. The molecule has 0 aliphatic carbocycles. The lowest BCUT2D eigenvalue weighted by Crippen LogP contribution is -2.44. The van der Waals surface area contributed by atoms with E-state index in [1.165, 1.54) is 12.1 Å². The number of ether oxygens (including phenoxy) is 1. The average molecular weight is 382 g/mol. The van der Waals surface area contributed by atoms with Gasteiger partial charge in [0.15, 0.2) is 0 Å². The first kappa shape index (κ1) is 23.1. The zero-order chi connectivity index (χ0) is 15.9. The standard InChI is InChI=1S/C16H24FN3O2.2ClH/c1-12(18)10-16(21)19-11-15(20-6-8-22-9-7-20)13-2-4-14(17)5-3-13;;/h2-5,12,15H,6-11,18H2,1H3,(H,19,21);2*1H. The van der Waals surface area contributed by atoms with Crippen molar-refractivity contribution in [1.29, 1.82) is 0 Å². The largest absolute Gasteiger partial charge is 0.379 e. The van der Waals surface area contributed by atoms with Crippen LogP contribution < -0.4 is 11.1 Å². The summed E-state index contributed by atoms with van der Waals surface area (Å²) in [4.78, 5) is 14.1. The number of carbonyl (C=O) groups excluding carboxylic acids is 1. The van der Waals surface area contributed by atoms with Gasteiger partial charge in [-0.2, -0.15) is 0 Å². The van der Waals surface area contributed by atoms with Gasteiger partial charge in [0.2, 0.25) is 5.91 Å². The van der Waals surface area contributed by atoms with Crippen LogP contribution in [-0.4, -0.2) is 49.7 Å². The third-order valence-electron chi connectivity index (χ3n) is 3.74. The van der Waals surface area contributed by atoms with Crippen molar-refractivity contribution in [2.24, 2.45) is 5.73 Å². The van der Waals surface area contributed by atoms with E-state index < -0.39 is 0 Å². The molecule has 1 aliphatic rings. The van der Waals surface area contributed by atoms with Gasteiger partial charge in [-0.1, -0.05) is 12.1 Å². The first-order valence-corrected chi connectivity index (χ1v) is 7.66. The van der Waals surface area contributed by atoms with Gasteiger partial charge in [-0.05, 0) is 24.6 Å². The van der Waals surface area contributed by atoms with Crippen molar-refractivity contribution in [3.05, 3.63) is 35.6 Å². The normalized spacial score (nSPS) is 17.1. The van der Waals surface area contributed by atoms with Crippen molar-refractivity contribution in [2.75, 3.05) is 32.8 Å². The van der Waals surface area contributed by atoms with Crippen LogP contribution in [0.2, 0.25) is 0 Å². The van der Waals surface area contributed by atoms with Gasteiger partial charge < -0.3 is 15.8 Å². The van der Waals surface area contributed by atoms with Crippen LogP contribution in [0.3, 0.4) is 0 Å². The van der Waals surface area contributed by atoms with Gasteiger partial charge in [0.1, 0.15) is 5.82 Å². The highest BCUT2D eigenvalue weighted by atomic mass is 35.5. The molecular formula is C16H26Cl2FN3O2. The summed E-state index contributed by atoms with van der Waals surface area (Å²) >= 11 is 0. The molecule has 1 heterocycles. The molecule has 24 heavy (non-hydrogen) atoms. The van der Waals surface area contributed by atoms with E-state index >= 15 is 0 Å². The van der Waals surface area contributed by atoms with Gasteiger partial charge in [0.25, 0.3) is 0 Å². The molecule has 1 aliphatic heterocycles. The fraction of sp³-hybridized carbons (Fsp3) is 0.562. The number of benzene rings is 1. The van der Waals surface area contributed by atoms with E-state index in [4.69, 9.17) is 10.5 Å². The Kier molecular flexibility index (Phi) is 11.2. The highest BCUT2D eigenvalue weighted by Crippen LogP contribution is 2.21. The molecule has 2 rings (SSSR count). The summed E-state index contributed by atoms with van der Waals surface area (Å²) in [5, 5.41) is 2.93. The van der Waals surface area contributed by atoms with E-state index in [0.717, 1.165) is 18.7 Å². The molecule has 1 fully saturated rings. The van der Waals surface area contributed by atoms with E-state index in [0.29, 0.717) is 26.2 Å². The maximum atomic E-state index is 13.1. The second kappa shape index (κ2) is 11.6. The molecule has 0 spiro atoms. The van der Waals surface area contributed by atoms with Crippen LogP contribution in [0.5, 0.6) is 0 Å². The summed E-state index contributed by atoms with van der Waals surface area (Å²) in [7, 11) is 0. The highest BCUT2D eigenvalue weighted by molar-refractivity contribution is 5.85. The fourth-order valence-electron chi connectivity index (χ4n) is 2.61. The minimum atomic E-state index is -0.259. The predicted octanol–water partition coefficient (Wildman–Crippen LogP) is 1.90. The molecule has 2 unspecified atom stereocenters. The average Bonchev–Trinajstić information content (AvgIpc) is 2.49. The Morgan fingerprint density at radius 1 is 1.29 bits per heavy atom. The Balaban J connectivity index is 0.00000264. The van der Waals surface area contributed by atoms with Crippen LogP contribution in [0.25, 0.3) is 0 Å². The lowest BCUT2D eigenvalue weighted by atomic mass is 10.0. The van der Waals surface area contributed by atoms with E-state index in [1.807, 2.05) is 0 Å². The third-order valence-corrected chi connectivity index (χ3v) is 3.74. The van der Waals surface area contributed by atoms with Crippen LogP contribution in [-0.2, 0) is 9.53 Å². The van der Waals surface area contributed by atoms with Gasteiger partial charge in [-0.15, -0.1) is 24.8 Å². The van der Waals surface area contributed by atoms with Crippen LogP contribution in [0.15, 0.2) is 24.3 Å². The lowest BCUT2D eigenvalue weighted by Gasteiger charge is -2.35. The van der Waals surface area contributed by atoms with Crippen LogP contribution in [0, 0.1) is 5.82 Å². The molecule has 1 saturated heterocycles. The van der Waals surface area contributed by atoms with E-state index in [9.17, 15) is 9.18 Å². The molecule has 0 bridgehead atoms. The molecule has 0 radical (unpaired) electrons. The summed E-state index contributed by atoms with van der Waals surface area (Å²) < 4.78 is 18.5.